The molecule has 0 fully saturated rings. The maximum Gasteiger partial charge on any atom is 0.108 e. The predicted molar refractivity (Wildman–Crippen MR) is 72.5 cm³/mol. The number of furan rings is 1. The van der Waals surface area contributed by atoms with E-state index < -0.39 is 0 Å². The lowest BCUT2D eigenvalue weighted by atomic mass is 9.85. The summed E-state index contributed by atoms with van der Waals surface area (Å²) >= 11 is 0. The van der Waals surface area contributed by atoms with Gasteiger partial charge in [0.25, 0.3) is 0 Å². The average molecular weight is 251 g/mol. The average Bonchev–Trinajstić information content (AvgIpc) is 2.72. The Bertz CT molecular complexity index is 382. The Morgan fingerprint density at radius 2 is 2.33 bits per heavy atom. The molecule has 0 saturated heterocycles. The summed E-state index contributed by atoms with van der Waals surface area (Å²) in [5.41, 5.74) is 1.45. The standard InChI is InChI=1S/C15H25NO2/c1-11(17)9-15(2,3)10-16-13-5-4-6-14-12(13)7-8-18-14/h7-8,11,13,16-17H,4-6,9-10H2,1-3H3. The van der Waals surface area contributed by atoms with E-state index in [4.69, 9.17) is 4.42 Å². The van der Waals surface area contributed by atoms with Crippen LogP contribution in [-0.4, -0.2) is 17.8 Å². The van der Waals surface area contributed by atoms with Crippen LogP contribution in [0.5, 0.6) is 0 Å². The highest BCUT2D eigenvalue weighted by molar-refractivity contribution is 5.24. The molecular weight excluding hydrogens is 226 g/mol. The molecule has 1 aromatic rings. The largest absolute Gasteiger partial charge is 0.469 e. The number of aliphatic hydroxyl groups excluding tert-OH is 1. The molecule has 1 heterocycles. The summed E-state index contributed by atoms with van der Waals surface area (Å²) in [4.78, 5) is 0. The molecule has 0 bridgehead atoms. The number of aliphatic hydroxyl groups is 1. The molecule has 3 nitrogen and oxygen atoms in total. The van der Waals surface area contributed by atoms with Crippen LogP contribution < -0.4 is 5.32 Å². The van der Waals surface area contributed by atoms with Gasteiger partial charge in [-0.3, -0.25) is 0 Å². The molecule has 0 aliphatic heterocycles. The second-order valence-electron chi connectivity index (χ2n) is 6.34. The topological polar surface area (TPSA) is 45.4 Å². The van der Waals surface area contributed by atoms with E-state index in [1.165, 1.54) is 18.4 Å². The zero-order chi connectivity index (χ0) is 13.2. The zero-order valence-electron chi connectivity index (χ0n) is 11.7. The number of nitrogens with one attached hydrogen (secondary N) is 1. The molecular formula is C15H25NO2. The second kappa shape index (κ2) is 5.45. The molecule has 3 heteroatoms. The molecule has 0 spiro atoms. The maximum atomic E-state index is 9.51. The molecule has 102 valence electrons. The molecule has 2 rings (SSSR count). The van der Waals surface area contributed by atoms with Crippen LogP contribution in [0.1, 0.15) is 57.4 Å². The minimum Gasteiger partial charge on any atom is -0.469 e. The number of hydrogen-bond donors (Lipinski definition) is 2. The summed E-state index contributed by atoms with van der Waals surface area (Å²) in [6.07, 6.45) is 5.82. The summed E-state index contributed by atoms with van der Waals surface area (Å²) in [5, 5.41) is 13.1. The SMILES string of the molecule is CC(O)CC(C)(C)CNC1CCCc2occc21. The van der Waals surface area contributed by atoms with Crippen molar-refractivity contribution in [3.05, 3.63) is 23.7 Å². The lowest BCUT2D eigenvalue weighted by molar-refractivity contribution is 0.125. The fraction of sp³-hybridized carbons (Fsp3) is 0.733. The van der Waals surface area contributed by atoms with Crippen molar-refractivity contribution < 1.29 is 9.52 Å². The predicted octanol–water partition coefficient (Wildman–Crippen LogP) is 3.04. The number of rotatable bonds is 5. The fourth-order valence-electron chi connectivity index (χ4n) is 2.97. The van der Waals surface area contributed by atoms with Gasteiger partial charge in [0.05, 0.1) is 12.4 Å². The van der Waals surface area contributed by atoms with Crippen molar-refractivity contribution in [2.24, 2.45) is 5.41 Å². The van der Waals surface area contributed by atoms with Crippen molar-refractivity contribution in [2.75, 3.05) is 6.54 Å². The molecule has 0 amide bonds. The Hall–Kier alpha value is -0.800. The molecule has 1 aromatic heterocycles. The van der Waals surface area contributed by atoms with Gasteiger partial charge in [-0.25, -0.2) is 0 Å². The van der Waals surface area contributed by atoms with Crippen molar-refractivity contribution in [3.63, 3.8) is 0 Å². The lowest BCUT2D eigenvalue weighted by Gasteiger charge is -2.30. The van der Waals surface area contributed by atoms with Crippen LogP contribution in [0, 0.1) is 5.41 Å². The van der Waals surface area contributed by atoms with Crippen LogP contribution in [0.15, 0.2) is 16.7 Å². The van der Waals surface area contributed by atoms with Crippen LogP contribution in [0.25, 0.3) is 0 Å². The van der Waals surface area contributed by atoms with Gasteiger partial charge in [0.2, 0.25) is 0 Å². The van der Waals surface area contributed by atoms with E-state index in [2.05, 4.69) is 25.2 Å². The molecule has 2 atom stereocenters. The Morgan fingerprint density at radius 3 is 3.06 bits per heavy atom. The second-order valence-corrected chi connectivity index (χ2v) is 6.34. The van der Waals surface area contributed by atoms with Crippen molar-refractivity contribution >= 4 is 0 Å². The van der Waals surface area contributed by atoms with Gasteiger partial charge in [-0.15, -0.1) is 0 Å². The van der Waals surface area contributed by atoms with Gasteiger partial charge >= 0.3 is 0 Å². The molecule has 1 aliphatic carbocycles. The highest BCUT2D eigenvalue weighted by atomic mass is 16.3. The highest BCUT2D eigenvalue weighted by Gasteiger charge is 2.26. The monoisotopic (exact) mass is 251 g/mol. The molecule has 1 aliphatic rings. The first-order chi connectivity index (χ1) is 8.48. The third-order valence-corrected chi connectivity index (χ3v) is 3.73. The van der Waals surface area contributed by atoms with E-state index in [1.54, 1.807) is 6.26 Å². The summed E-state index contributed by atoms with van der Waals surface area (Å²) in [5.74, 6) is 1.15. The first-order valence-electron chi connectivity index (χ1n) is 6.96. The van der Waals surface area contributed by atoms with Crippen LogP contribution in [-0.2, 0) is 6.42 Å². The van der Waals surface area contributed by atoms with Gasteiger partial charge in [0.1, 0.15) is 5.76 Å². The fourth-order valence-corrected chi connectivity index (χ4v) is 2.97. The van der Waals surface area contributed by atoms with E-state index in [9.17, 15) is 5.11 Å². The van der Waals surface area contributed by atoms with E-state index in [1.807, 2.05) is 6.92 Å². The summed E-state index contributed by atoms with van der Waals surface area (Å²) in [7, 11) is 0. The zero-order valence-corrected chi connectivity index (χ0v) is 11.7. The van der Waals surface area contributed by atoms with Gasteiger partial charge in [-0.05, 0) is 37.7 Å². The summed E-state index contributed by atoms with van der Waals surface area (Å²) in [6.45, 7) is 7.18. The first kappa shape index (κ1) is 13.6. The quantitative estimate of drug-likeness (QED) is 0.845. The third-order valence-electron chi connectivity index (χ3n) is 3.73. The minimum absolute atomic E-state index is 0.121. The molecule has 2 N–H and O–H groups in total. The van der Waals surface area contributed by atoms with Crippen molar-refractivity contribution in [1.29, 1.82) is 0 Å². The maximum absolute atomic E-state index is 9.51. The van der Waals surface area contributed by atoms with Crippen LogP contribution in [0.3, 0.4) is 0 Å². The van der Waals surface area contributed by atoms with E-state index in [0.29, 0.717) is 6.04 Å². The summed E-state index contributed by atoms with van der Waals surface area (Å²) in [6, 6.07) is 2.51. The highest BCUT2D eigenvalue weighted by Crippen LogP contribution is 2.31. The van der Waals surface area contributed by atoms with Gasteiger partial charge in [0, 0.05) is 24.6 Å². The van der Waals surface area contributed by atoms with E-state index >= 15 is 0 Å². The minimum atomic E-state index is -0.238. The Morgan fingerprint density at radius 1 is 1.56 bits per heavy atom. The van der Waals surface area contributed by atoms with Gasteiger partial charge in [-0.2, -0.15) is 0 Å². The van der Waals surface area contributed by atoms with Crippen molar-refractivity contribution in [2.45, 2.75) is 58.6 Å². The number of hydrogen-bond acceptors (Lipinski definition) is 3. The molecule has 18 heavy (non-hydrogen) atoms. The third kappa shape index (κ3) is 3.36. The molecule has 0 radical (unpaired) electrons. The van der Waals surface area contributed by atoms with E-state index in [-0.39, 0.29) is 11.5 Å². The van der Waals surface area contributed by atoms with Crippen molar-refractivity contribution in [1.82, 2.24) is 5.32 Å². The van der Waals surface area contributed by atoms with Gasteiger partial charge < -0.3 is 14.8 Å². The first-order valence-corrected chi connectivity index (χ1v) is 6.96. The molecule has 0 aromatic carbocycles. The van der Waals surface area contributed by atoms with Crippen LogP contribution in [0.2, 0.25) is 0 Å². The van der Waals surface area contributed by atoms with Crippen LogP contribution >= 0.6 is 0 Å². The Labute approximate surface area is 110 Å². The molecule has 0 saturated carbocycles. The van der Waals surface area contributed by atoms with Crippen molar-refractivity contribution in [3.8, 4) is 0 Å². The van der Waals surface area contributed by atoms with E-state index in [0.717, 1.165) is 25.1 Å². The van der Waals surface area contributed by atoms with Gasteiger partial charge in [-0.1, -0.05) is 13.8 Å². The summed E-state index contributed by atoms with van der Waals surface area (Å²) < 4.78 is 5.50. The number of fused-ring (bicyclic) bond motifs is 1. The normalized spacial score (nSPS) is 21.7. The Balaban J connectivity index is 1.92. The number of aryl methyl sites for hydroxylation is 1. The van der Waals surface area contributed by atoms with Crippen LogP contribution in [0.4, 0.5) is 0 Å². The molecule has 2 unspecified atom stereocenters. The lowest BCUT2D eigenvalue weighted by Crippen LogP contribution is -2.35. The Kier molecular flexibility index (Phi) is 4.13. The van der Waals surface area contributed by atoms with Gasteiger partial charge in [0.15, 0.2) is 0 Å². The smallest absolute Gasteiger partial charge is 0.108 e.